The summed E-state index contributed by atoms with van der Waals surface area (Å²) in [6.07, 6.45) is 0. The molecule has 0 radical (unpaired) electrons. The number of hydrogen-bond acceptors (Lipinski definition) is 10. The van der Waals surface area contributed by atoms with Gasteiger partial charge in [-0.3, -0.25) is 9.11 Å². The lowest BCUT2D eigenvalue weighted by molar-refractivity contribution is 0.466. The van der Waals surface area contributed by atoms with E-state index in [0.717, 1.165) is 17.8 Å². The molecule has 4 rings (SSSR count). The Morgan fingerprint density at radius 1 is 0.917 bits per heavy atom. The third-order valence-electron chi connectivity index (χ3n) is 5.28. The molecule has 0 saturated heterocycles. The number of benzene rings is 3. The number of para-hydroxylation sites is 1. The van der Waals surface area contributed by atoms with Gasteiger partial charge < -0.3 is 15.3 Å². The van der Waals surface area contributed by atoms with Crippen molar-refractivity contribution in [3.63, 3.8) is 0 Å². The van der Waals surface area contributed by atoms with Crippen LogP contribution < -0.4 is 10.2 Å². The van der Waals surface area contributed by atoms with Gasteiger partial charge in [-0.15, -0.1) is 0 Å². The van der Waals surface area contributed by atoms with Crippen LogP contribution in [-0.4, -0.2) is 53.0 Å². The van der Waals surface area contributed by atoms with E-state index in [-0.39, 0.29) is 39.2 Å². The average Bonchev–Trinajstić information content (AvgIpc) is 2.79. The number of anilines is 4. The Kier molecular flexibility index (Phi) is 6.49. The molecule has 1 aromatic heterocycles. The Balaban J connectivity index is 1.91. The first-order valence-corrected chi connectivity index (χ1v) is 13.2. The van der Waals surface area contributed by atoms with Crippen molar-refractivity contribution in [2.24, 2.45) is 0 Å². The van der Waals surface area contributed by atoms with Crippen LogP contribution in [0.15, 0.2) is 58.3 Å². The Hall–Kier alpha value is -3.56. The quantitative estimate of drug-likeness (QED) is 0.255. The topological polar surface area (TPSA) is 183 Å². The first-order valence-electron chi connectivity index (χ1n) is 9.99. The summed E-state index contributed by atoms with van der Waals surface area (Å²) in [6.45, 7) is 1.22. The average molecular weight is 552 g/mol. The number of aromatic nitrogens is 3. The number of nitrogens with zero attached hydrogens (tertiary/aromatic N) is 4. The molecule has 0 saturated carbocycles. The van der Waals surface area contributed by atoms with E-state index in [1.54, 1.807) is 11.9 Å². The minimum Gasteiger partial charge on any atom is -0.507 e. The Morgan fingerprint density at radius 2 is 1.56 bits per heavy atom. The van der Waals surface area contributed by atoms with Gasteiger partial charge in [0.05, 0.1) is 5.69 Å². The van der Waals surface area contributed by atoms with E-state index in [2.05, 4.69) is 20.3 Å². The monoisotopic (exact) mass is 551 g/mol. The van der Waals surface area contributed by atoms with Crippen LogP contribution in [0.4, 0.5) is 23.3 Å². The molecule has 0 amide bonds. The number of nitrogens with one attached hydrogen (secondary N) is 1. The molecule has 4 N–H and O–H groups in total. The summed E-state index contributed by atoms with van der Waals surface area (Å²) >= 11 is 6.09. The highest BCUT2D eigenvalue weighted by Gasteiger charge is 2.25. The fourth-order valence-corrected chi connectivity index (χ4v) is 5.16. The molecular formula is C21H18ClN5O7S2. The molecular weight excluding hydrogens is 534 g/mol. The molecule has 15 heteroatoms. The van der Waals surface area contributed by atoms with Gasteiger partial charge in [-0.1, -0.05) is 18.2 Å². The minimum absolute atomic E-state index is 0.0514. The van der Waals surface area contributed by atoms with E-state index in [1.807, 2.05) is 30.3 Å². The molecule has 0 fully saturated rings. The molecule has 3 aromatic carbocycles. The summed E-state index contributed by atoms with van der Waals surface area (Å²) in [5, 5.41) is 12.9. The highest BCUT2D eigenvalue weighted by Crippen LogP contribution is 2.41. The zero-order valence-electron chi connectivity index (χ0n) is 18.6. The van der Waals surface area contributed by atoms with Crippen molar-refractivity contribution in [2.45, 2.75) is 16.7 Å². The molecule has 4 aromatic rings. The van der Waals surface area contributed by atoms with E-state index in [9.17, 15) is 31.0 Å². The fraction of sp³-hybridized carbons (Fsp3) is 0.0952. The largest absolute Gasteiger partial charge is 0.507 e. The SMILES string of the molecule is Cc1c(S(=O)(=O)O)cc2c(S(=O)(=O)O)ccc(Nc3nc(Cl)nc(N(C)c4ccccc4)n3)c2c1O. The maximum absolute atomic E-state index is 12.0. The van der Waals surface area contributed by atoms with Gasteiger partial charge in [0.1, 0.15) is 15.5 Å². The summed E-state index contributed by atoms with van der Waals surface area (Å²) in [5.41, 5.74) is 0.550. The van der Waals surface area contributed by atoms with Crippen LogP contribution >= 0.6 is 11.6 Å². The Morgan fingerprint density at radius 3 is 2.17 bits per heavy atom. The summed E-state index contributed by atoms with van der Waals surface area (Å²) < 4.78 is 66.8. The van der Waals surface area contributed by atoms with Crippen LogP contribution in [0.3, 0.4) is 0 Å². The third-order valence-corrected chi connectivity index (χ3v) is 7.35. The van der Waals surface area contributed by atoms with Crippen molar-refractivity contribution in [3.05, 3.63) is 59.4 Å². The third kappa shape index (κ3) is 4.89. The molecule has 1 heterocycles. The molecule has 0 unspecified atom stereocenters. The van der Waals surface area contributed by atoms with Gasteiger partial charge in [-0.25, -0.2) is 0 Å². The van der Waals surface area contributed by atoms with Gasteiger partial charge >= 0.3 is 0 Å². The Bertz CT molecular complexity index is 1720. The molecule has 36 heavy (non-hydrogen) atoms. The summed E-state index contributed by atoms with van der Waals surface area (Å²) in [4.78, 5) is 12.6. The van der Waals surface area contributed by atoms with Crippen LogP contribution in [0.2, 0.25) is 5.28 Å². The number of phenolic OH excluding ortho intramolecular Hbond substituents is 1. The van der Waals surface area contributed by atoms with E-state index in [4.69, 9.17) is 11.6 Å². The fourth-order valence-electron chi connectivity index (χ4n) is 3.57. The van der Waals surface area contributed by atoms with Crippen LogP contribution in [0.1, 0.15) is 5.56 Å². The molecule has 12 nitrogen and oxygen atoms in total. The van der Waals surface area contributed by atoms with Crippen molar-refractivity contribution in [3.8, 4) is 5.75 Å². The number of aromatic hydroxyl groups is 1. The lowest BCUT2D eigenvalue weighted by Gasteiger charge is -2.18. The molecule has 0 aliphatic carbocycles. The number of hydrogen-bond donors (Lipinski definition) is 4. The van der Waals surface area contributed by atoms with Gasteiger partial charge in [-0.2, -0.15) is 31.8 Å². The second kappa shape index (κ2) is 9.15. The van der Waals surface area contributed by atoms with Crippen molar-refractivity contribution < 1.29 is 31.0 Å². The van der Waals surface area contributed by atoms with E-state index in [0.29, 0.717) is 0 Å². The zero-order chi connectivity index (χ0) is 26.4. The van der Waals surface area contributed by atoms with Gasteiger partial charge in [0, 0.05) is 29.1 Å². The second-order valence-corrected chi connectivity index (χ2v) is 10.7. The van der Waals surface area contributed by atoms with Crippen molar-refractivity contribution >= 4 is 65.9 Å². The Labute approximate surface area is 210 Å². The molecule has 188 valence electrons. The lowest BCUT2D eigenvalue weighted by atomic mass is 10.0. The van der Waals surface area contributed by atoms with Gasteiger partial charge in [0.2, 0.25) is 17.2 Å². The zero-order valence-corrected chi connectivity index (χ0v) is 21.0. The molecule has 0 spiro atoms. The number of rotatable bonds is 6. The number of halogens is 1. The first kappa shape index (κ1) is 25.5. The normalized spacial score (nSPS) is 12.0. The smallest absolute Gasteiger partial charge is 0.295 e. The lowest BCUT2D eigenvalue weighted by Crippen LogP contribution is -2.15. The molecule has 0 aliphatic heterocycles. The van der Waals surface area contributed by atoms with Crippen LogP contribution in [0, 0.1) is 6.92 Å². The number of phenols is 1. The predicted molar refractivity (Wildman–Crippen MR) is 133 cm³/mol. The molecule has 0 aliphatic rings. The van der Waals surface area contributed by atoms with Crippen LogP contribution in [0.25, 0.3) is 10.8 Å². The summed E-state index contributed by atoms with van der Waals surface area (Å²) in [6, 6.07) is 12.2. The highest BCUT2D eigenvalue weighted by molar-refractivity contribution is 7.86. The maximum atomic E-state index is 12.0. The van der Waals surface area contributed by atoms with Crippen LogP contribution in [0.5, 0.6) is 5.75 Å². The number of fused-ring (bicyclic) bond motifs is 1. The van der Waals surface area contributed by atoms with Gasteiger partial charge in [0.15, 0.2) is 0 Å². The maximum Gasteiger partial charge on any atom is 0.295 e. The van der Waals surface area contributed by atoms with Crippen molar-refractivity contribution in [1.29, 1.82) is 0 Å². The van der Waals surface area contributed by atoms with Crippen molar-refractivity contribution in [1.82, 2.24) is 15.0 Å². The van der Waals surface area contributed by atoms with Crippen molar-refractivity contribution in [2.75, 3.05) is 17.3 Å². The standard InChI is InChI=1S/C21H18ClN5O7S2/c1-11-16(36(32,33)34)10-13-15(35(29,30)31)9-8-14(17(13)18(11)28)23-20-24-19(22)25-21(26-20)27(2)12-6-4-3-5-7-12/h3-10,28H,1-2H3,(H,29,30,31)(H,32,33,34)(H,23,24,25,26). The van der Waals surface area contributed by atoms with Crippen LogP contribution in [-0.2, 0) is 20.2 Å². The predicted octanol–water partition coefficient (Wildman–Crippen LogP) is 3.70. The van der Waals surface area contributed by atoms with E-state index < -0.39 is 35.8 Å². The summed E-state index contributed by atoms with van der Waals surface area (Å²) in [7, 11) is -7.99. The summed E-state index contributed by atoms with van der Waals surface area (Å²) in [5.74, 6) is -0.573. The molecule has 0 bridgehead atoms. The highest BCUT2D eigenvalue weighted by atomic mass is 35.5. The molecule has 0 atom stereocenters. The van der Waals surface area contributed by atoms with Gasteiger partial charge in [0.25, 0.3) is 20.2 Å². The van der Waals surface area contributed by atoms with E-state index in [1.165, 1.54) is 13.0 Å². The van der Waals surface area contributed by atoms with Gasteiger partial charge in [-0.05, 0) is 48.9 Å². The van der Waals surface area contributed by atoms with E-state index >= 15 is 0 Å². The second-order valence-electron chi connectivity index (χ2n) is 7.58. The first-order chi connectivity index (χ1) is 16.8. The minimum atomic E-state index is -4.85.